The molecule has 1 unspecified atom stereocenters. The molecule has 6 nitrogen and oxygen atoms in total. The molecule has 0 bridgehead atoms. The predicted octanol–water partition coefficient (Wildman–Crippen LogP) is 5.23. The molecule has 9 heteroatoms. The molecular weight excluding hydrogens is 511 g/mol. The van der Waals surface area contributed by atoms with Crippen LogP contribution < -0.4 is 10.1 Å². The van der Waals surface area contributed by atoms with Crippen molar-refractivity contribution in [1.82, 2.24) is 0 Å². The van der Waals surface area contributed by atoms with Crippen molar-refractivity contribution >= 4 is 17.6 Å². The topological polar surface area (TPSA) is 84.9 Å². The molecule has 1 fully saturated rings. The molecule has 1 atom stereocenters. The van der Waals surface area contributed by atoms with Crippen LogP contribution in [0.4, 0.5) is 18.9 Å². The minimum atomic E-state index is -4.57. The van der Waals surface area contributed by atoms with E-state index in [-0.39, 0.29) is 24.3 Å². The zero-order valence-corrected chi connectivity index (χ0v) is 20.9. The average molecular weight is 536 g/mol. The minimum Gasteiger partial charge on any atom is -0.496 e. The fourth-order valence-electron chi connectivity index (χ4n) is 4.80. The van der Waals surface area contributed by atoms with E-state index in [1.807, 2.05) is 0 Å². The number of methoxy groups -OCH3 is 1. The summed E-state index contributed by atoms with van der Waals surface area (Å²) in [5.41, 5.74) is -1.95. The molecule has 1 heterocycles. The van der Waals surface area contributed by atoms with Gasteiger partial charge in [-0.25, -0.2) is 4.79 Å². The first-order valence-electron chi connectivity index (χ1n) is 12.2. The maximum atomic E-state index is 13.6. The first-order valence-corrected chi connectivity index (χ1v) is 12.2. The lowest BCUT2D eigenvalue weighted by atomic mass is 9.81. The summed E-state index contributed by atoms with van der Waals surface area (Å²) < 4.78 is 51.0. The van der Waals surface area contributed by atoms with Gasteiger partial charge < -0.3 is 19.9 Å². The Morgan fingerprint density at radius 2 is 1.85 bits per heavy atom. The lowest BCUT2D eigenvalue weighted by molar-refractivity contribution is -0.137. The summed E-state index contributed by atoms with van der Waals surface area (Å²) in [7, 11) is 1.36. The standard InChI is InChI=1S/C30H24F3NO5/c1-38-25-10-7-21(30(31,32)33)16-24(25)28(13-14-28)18-29(37,12-11-19-5-3-2-4-6-19)27(36)34-22-8-9-23-20(15-22)17-39-26(23)35/h2-10,15-16,37H,13-14,17-18H2,1H3,(H,34,36). The van der Waals surface area contributed by atoms with Crippen molar-refractivity contribution in [1.29, 1.82) is 0 Å². The number of halogens is 3. The maximum Gasteiger partial charge on any atom is 0.416 e. The first kappa shape index (κ1) is 26.3. The minimum absolute atomic E-state index is 0.0639. The van der Waals surface area contributed by atoms with Crippen molar-refractivity contribution in [3.8, 4) is 17.6 Å². The van der Waals surface area contributed by atoms with Crippen molar-refractivity contribution in [2.75, 3.05) is 12.4 Å². The number of benzene rings is 3. The number of rotatable bonds is 6. The van der Waals surface area contributed by atoms with Crippen molar-refractivity contribution < 1.29 is 37.3 Å². The summed E-state index contributed by atoms with van der Waals surface area (Å²) in [5.74, 6) is 4.46. The number of nitrogens with one attached hydrogen (secondary N) is 1. The van der Waals surface area contributed by atoms with E-state index in [2.05, 4.69) is 17.2 Å². The number of hydrogen-bond acceptors (Lipinski definition) is 5. The number of esters is 1. The normalized spacial score (nSPS) is 16.7. The second-order valence-corrected chi connectivity index (χ2v) is 9.75. The van der Waals surface area contributed by atoms with Gasteiger partial charge in [0.2, 0.25) is 5.60 Å². The summed E-state index contributed by atoms with van der Waals surface area (Å²) in [5, 5.41) is 14.4. The van der Waals surface area contributed by atoms with Crippen LogP contribution in [-0.4, -0.2) is 29.7 Å². The highest BCUT2D eigenvalue weighted by Crippen LogP contribution is 2.56. The smallest absolute Gasteiger partial charge is 0.416 e. The van der Waals surface area contributed by atoms with Gasteiger partial charge in [0.25, 0.3) is 5.91 Å². The Kier molecular flexibility index (Phi) is 6.60. The van der Waals surface area contributed by atoms with Gasteiger partial charge in [0.05, 0.1) is 18.2 Å². The van der Waals surface area contributed by atoms with E-state index in [1.54, 1.807) is 36.4 Å². The van der Waals surface area contributed by atoms with Crippen LogP contribution in [0.5, 0.6) is 5.75 Å². The van der Waals surface area contributed by atoms with Crippen LogP contribution in [0.3, 0.4) is 0 Å². The molecule has 2 aliphatic rings. The lowest BCUT2D eigenvalue weighted by Gasteiger charge is -2.28. The van der Waals surface area contributed by atoms with Gasteiger partial charge in [-0.05, 0) is 61.4 Å². The van der Waals surface area contributed by atoms with Gasteiger partial charge in [0.1, 0.15) is 12.4 Å². The van der Waals surface area contributed by atoms with E-state index in [0.29, 0.717) is 35.2 Å². The van der Waals surface area contributed by atoms with Crippen LogP contribution >= 0.6 is 0 Å². The number of alkyl halides is 3. The lowest BCUT2D eigenvalue weighted by Crippen LogP contribution is -2.44. The highest BCUT2D eigenvalue weighted by Gasteiger charge is 2.54. The van der Waals surface area contributed by atoms with Gasteiger partial charge in [0, 0.05) is 34.2 Å². The van der Waals surface area contributed by atoms with E-state index in [9.17, 15) is 27.9 Å². The monoisotopic (exact) mass is 535 g/mol. The predicted molar refractivity (Wildman–Crippen MR) is 136 cm³/mol. The molecule has 0 radical (unpaired) electrons. The molecule has 0 saturated heterocycles. The number of fused-ring (bicyclic) bond motifs is 1. The van der Waals surface area contributed by atoms with Crippen molar-refractivity contribution in [2.45, 2.75) is 43.1 Å². The average Bonchev–Trinajstić information content (AvgIpc) is 3.61. The van der Waals surface area contributed by atoms with Gasteiger partial charge >= 0.3 is 12.1 Å². The van der Waals surface area contributed by atoms with Crippen LogP contribution in [0.15, 0.2) is 66.7 Å². The van der Waals surface area contributed by atoms with E-state index in [1.165, 1.54) is 25.3 Å². The first-order chi connectivity index (χ1) is 18.5. The third-order valence-electron chi connectivity index (χ3n) is 7.05. The molecule has 5 rings (SSSR count). The summed E-state index contributed by atoms with van der Waals surface area (Å²) in [6, 6.07) is 16.6. The Morgan fingerprint density at radius 3 is 2.51 bits per heavy atom. The summed E-state index contributed by atoms with van der Waals surface area (Å²) >= 11 is 0. The SMILES string of the molecule is COc1ccc(C(F)(F)F)cc1C1(CC(O)(C#Cc2ccccc2)C(=O)Nc2ccc3c(c2)COC3=O)CC1. The summed E-state index contributed by atoms with van der Waals surface area (Å²) in [6.45, 7) is 0.0639. The number of anilines is 1. The number of cyclic esters (lactones) is 1. The van der Waals surface area contributed by atoms with Gasteiger partial charge in [-0.1, -0.05) is 30.0 Å². The largest absolute Gasteiger partial charge is 0.496 e. The zero-order chi connectivity index (χ0) is 27.8. The van der Waals surface area contributed by atoms with E-state index < -0.39 is 34.6 Å². The van der Waals surface area contributed by atoms with Crippen molar-refractivity contribution in [2.24, 2.45) is 0 Å². The molecule has 3 aromatic carbocycles. The fourth-order valence-corrected chi connectivity index (χ4v) is 4.80. The Balaban J connectivity index is 1.51. The van der Waals surface area contributed by atoms with Gasteiger partial charge in [0.15, 0.2) is 0 Å². The van der Waals surface area contributed by atoms with Crippen LogP contribution in [0.1, 0.15) is 51.9 Å². The van der Waals surface area contributed by atoms with E-state index in [0.717, 1.165) is 12.1 Å². The third-order valence-corrected chi connectivity index (χ3v) is 7.05. The second kappa shape index (κ2) is 9.79. The van der Waals surface area contributed by atoms with Crippen molar-refractivity contribution in [3.63, 3.8) is 0 Å². The van der Waals surface area contributed by atoms with Gasteiger partial charge in [-0.2, -0.15) is 13.2 Å². The summed E-state index contributed by atoms with van der Waals surface area (Å²) in [4.78, 5) is 25.3. The molecule has 1 amide bonds. The quantitative estimate of drug-likeness (QED) is 0.334. The maximum absolute atomic E-state index is 13.6. The molecule has 0 spiro atoms. The Morgan fingerprint density at radius 1 is 1.10 bits per heavy atom. The zero-order valence-electron chi connectivity index (χ0n) is 20.9. The third kappa shape index (κ3) is 5.33. The number of carbonyl (C=O) groups is 2. The van der Waals surface area contributed by atoms with Gasteiger partial charge in [-0.15, -0.1) is 0 Å². The molecule has 1 aliphatic heterocycles. The molecule has 200 valence electrons. The number of hydrogen-bond donors (Lipinski definition) is 2. The van der Waals surface area contributed by atoms with Crippen LogP contribution in [-0.2, 0) is 27.7 Å². The fraction of sp³-hybridized carbons (Fsp3) is 0.267. The molecular formula is C30H24F3NO5. The number of amides is 1. The van der Waals surface area contributed by atoms with Crippen molar-refractivity contribution in [3.05, 3.63) is 94.5 Å². The second-order valence-electron chi connectivity index (χ2n) is 9.75. The highest BCUT2D eigenvalue weighted by atomic mass is 19.4. The Labute approximate surface area is 222 Å². The molecule has 3 aromatic rings. The number of carbonyl (C=O) groups excluding carboxylic acids is 2. The Hall–Kier alpha value is -4.29. The molecule has 2 N–H and O–H groups in total. The highest BCUT2D eigenvalue weighted by molar-refractivity contribution is 6.01. The van der Waals surface area contributed by atoms with Gasteiger partial charge in [-0.3, -0.25) is 4.79 Å². The summed E-state index contributed by atoms with van der Waals surface area (Å²) in [6.07, 6.45) is -3.95. The molecule has 1 aliphatic carbocycles. The van der Waals surface area contributed by atoms with Crippen LogP contribution in [0.25, 0.3) is 0 Å². The van der Waals surface area contributed by atoms with Crippen LogP contribution in [0, 0.1) is 11.8 Å². The molecule has 1 saturated carbocycles. The van der Waals surface area contributed by atoms with E-state index in [4.69, 9.17) is 9.47 Å². The number of ether oxygens (including phenoxy) is 2. The number of aliphatic hydroxyl groups is 1. The Bertz CT molecular complexity index is 1500. The van der Waals surface area contributed by atoms with E-state index >= 15 is 0 Å². The molecule has 39 heavy (non-hydrogen) atoms. The van der Waals surface area contributed by atoms with Crippen LogP contribution in [0.2, 0.25) is 0 Å². The molecule has 0 aromatic heterocycles.